The van der Waals surface area contributed by atoms with Crippen LogP contribution in [-0.2, 0) is 20.9 Å². The van der Waals surface area contributed by atoms with Gasteiger partial charge < -0.3 is 5.32 Å². The van der Waals surface area contributed by atoms with Crippen LogP contribution in [0.3, 0.4) is 0 Å². The van der Waals surface area contributed by atoms with E-state index in [4.69, 9.17) is 0 Å². The lowest BCUT2D eigenvalue weighted by atomic mass is 9.93. The zero-order chi connectivity index (χ0) is 18.1. The summed E-state index contributed by atoms with van der Waals surface area (Å²) in [5.74, 6) is -0.859. The summed E-state index contributed by atoms with van der Waals surface area (Å²) in [6.07, 6.45) is 0.693. The van der Waals surface area contributed by atoms with Gasteiger partial charge in [0.05, 0.1) is 22.6 Å². The first-order chi connectivity index (χ1) is 12.6. The van der Waals surface area contributed by atoms with Crippen LogP contribution in [0, 0.1) is 0 Å². The minimum Gasteiger partial charge on any atom is -0.308 e. The van der Waals surface area contributed by atoms with Gasteiger partial charge in [-0.3, -0.25) is 24.4 Å². The summed E-state index contributed by atoms with van der Waals surface area (Å²) in [6.45, 7) is 0.00527. The summed E-state index contributed by atoms with van der Waals surface area (Å²) < 4.78 is 1.58. The zero-order valence-corrected chi connectivity index (χ0v) is 14.5. The molecule has 0 aliphatic carbocycles. The number of carbonyl (C=O) groups is 3. The van der Waals surface area contributed by atoms with E-state index in [9.17, 15) is 14.4 Å². The largest absolute Gasteiger partial charge is 0.308 e. The molecule has 1 atom stereocenters. The minimum absolute atomic E-state index is 0.00527. The highest BCUT2D eigenvalue weighted by atomic mass is 32.1. The molecule has 132 valence electrons. The highest BCUT2D eigenvalue weighted by Gasteiger charge is 2.31. The first-order valence-electron chi connectivity index (χ1n) is 8.09. The van der Waals surface area contributed by atoms with Crippen LogP contribution in [0.25, 0.3) is 10.9 Å². The number of hydrogen-bond acceptors (Lipinski definition) is 6. The average molecular weight is 369 g/mol. The summed E-state index contributed by atoms with van der Waals surface area (Å²) in [4.78, 5) is 39.9. The molecule has 1 unspecified atom stereocenters. The van der Waals surface area contributed by atoms with Gasteiger partial charge in [0.2, 0.25) is 17.7 Å². The van der Waals surface area contributed by atoms with Gasteiger partial charge in [0.15, 0.2) is 0 Å². The van der Waals surface area contributed by atoms with Crippen LogP contribution in [-0.4, -0.2) is 32.5 Å². The molecule has 1 aliphatic heterocycles. The van der Waals surface area contributed by atoms with E-state index < -0.39 is 5.92 Å². The number of thiazole rings is 1. The molecule has 3 heterocycles. The van der Waals surface area contributed by atoms with Gasteiger partial charge in [0.25, 0.3) is 0 Å². The molecular formula is C17H15N5O3S. The van der Waals surface area contributed by atoms with Crippen molar-refractivity contribution in [3.8, 4) is 0 Å². The lowest BCUT2D eigenvalue weighted by Gasteiger charge is -2.19. The molecule has 0 bridgehead atoms. The fraction of sp³-hybridized carbons (Fsp3) is 0.235. The second kappa shape index (κ2) is 6.68. The molecule has 2 N–H and O–H groups in total. The number of amides is 3. The number of piperidine rings is 1. The van der Waals surface area contributed by atoms with Gasteiger partial charge in [-0.2, -0.15) is 5.10 Å². The number of nitrogens with zero attached hydrogens (tertiary/aromatic N) is 3. The van der Waals surface area contributed by atoms with Crippen LogP contribution in [0.1, 0.15) is 24.5 Å². The maximum absolute atomic E-state index is 12.3. The average Bonchev–Trinajstić information content (AvgIpc) is 3.24. The predicted octanol–water partition coefficient (Wildman–Crippen LogP) is 1.65. The topological polar surface area (TPSA) is 106 Å². The molecule has 1 saturated heterocycles. The van der Waals surface area contributed by atoms with Crippen molar-refractivity contribution in [2.45, 2.75) is 25.3 Å². The van der Waals surface area contributed by atoms with E-state index in [1.54, 1.807) is 15.6 Å². The number of fused-ring (bicyclic) bond motifs is 1. The van der Waals surface area contributed by atoms with Gasteiger partial charge in [-0.25, -0.2) is 4.98 Å². The molecule has 1 aromatic carbocycles. The maximum atomic E-state index is 12.3. The number of anilines is 1. The Labute approximate surface area is 152 Å². The van der Waals surface area contributed by atoms with Crippen molar-refractivity contribution in [3.05, 3.63) is 40.8 Å². The van der Waals surface area contributed by atoms with E-state index in [0.717, 1.165) is 10.9 Å². The second-order valence-electron chi connectivity index (χ2n) is 5.99. The third-order valence-corrected chi connectivity index (χ3v) is 4.84. The van der Waals surface area contributed by atoms with Crippen molar-refractivity contribution in [2.75, 3.05) is 5.32 Å². The molecule has 9 heteroatoms. The number of carbonyl (C=O) groups excluding carboxylic acids is 3. The van der Waals surface area contributed by atoms with E-state index in [1.807, 2.05) is 24.3 Å². The smallest absolute Gasteiger partial charge is 0.247 e. The number of nitrogens with one attached hydrogen (secondary N) is 2. The fourth-order valence-corrected chi connectivity index (χ4v) is 3.56. The normalized spacial score (nSPS) is 17.3. The summed E-state index contributed by atoms with van der Waals surface area (Å²) in [6, 6.07) is 7.44. The minimum atomic E-state index is -0.500. The Hall–Kier alpha value is -3.07. The third-order valence-electron chi connectivity index (χ3n) is 4.25. The molecule has 2 aromatic heterocycles. The summed E-state index contributed by atoms with van der Waals surface area (Å²) >= 11 is 1.39. The van der Waals surface area contributed by atoms with E-state index in [0.29, 0.717) is 17.9 Å². The summed E-state index contributed by atoms with van der Waals surface area (Å²) in [7, 11) is 0. The number of aromatic nitrogens is 3. The van der Waals surface area contributed by atoms with Crippen LogP contribution in [0.15, 0.2) is 35.2 Å². The lowest BCUT2D eigenvalue weighted by molar-refractivity contribution is -0.134. The van der Waals surface area contributed by atoms with Crippen LogP contribution < -0.4 is 10.6 Å². The van der Waals surface area contributed by atoms with E-state index in [1.165, 1.54) is 11.3 Å². The molecule has 4 rings (SSSR count). The molecule has 3 amide bonds. The molecule has 1 fully saturated rings. The van der Waals surface area contributed by atoms with Gasteiger partial charge in [-0.1, -0.05) is 18.2 Å². The first-order valence-corrected chi connectivity index (χ1v) is 9.03. The second-order valence-corrected chi connectivity index (χ2v) is 6.70. The standard InChI is InChI=1S/C17H15N5O3S/c23-14-6-5-11(17(25)20-14)16-10-3-1-2-4-12(10)22(21-16)7-15(24)19-13-8-26-9-18-13/h1-4,8-9,11H,5-7H2,(H,19,24)(H,20,23,25). The molecule has 26 heavy (non-hydrogen) atoms. The molecular weight excluding hydrogens is 354 g/mol. The van der Waals surface area contributed by atoms with Crippen molar-refractivity contribution >= 4 is 45.8 Å². The van der Waals surface area contributed by atoms with Gasteiger partial charge in [0, 0.05) is 17.2 Å². The number of para-hydroxylation sites is 1. The molecule has 0 spiro atoms. The van der Waals surface area contributed by atoms with E-state index in [2.05, 4.69) is 20.7 Å². The van der Waals surface area contributed by atoms with Crippen molar-refractivity contribution in [1.29, 1.82) is 0 Å². The van der Waals surface area contributed by atoms with Crippen LogP contribution in [0.5, 0.6) is 0 Å². The van der Waals surface area contributed by atoms with Gasteiger partial charge >= 0.3 is 0 Å². The Morgan fingerprint density at radius 3 is 2.96 bits per heavy atom. The van der Waals surface area contributed by atoms with Gasteiger partial charge in [-0.05, 0) is 12.5 Å². The molecule has 3 aromatic rings. The monoisotopic (exact) mass is 369 g/mol. The molecule has 0 radical (unpaired) electrons. The Bertz CT molecular complexity index is 995. The molecule has 1 aliphatic rings. The number of hydrogen-bond donors (Lipinski definition) is 2. The van der Waals surface area contributed by atoms with Crippen LogP contribution >= 0.6 is 11.3 Å². The highest BCUT2D eigenvalue weighted by molar-refractivity contribution is 7.07. The molecule has 8 nitrogen and oxygen atoms in total. The number of rotatable bonds is 4. The lowest BCUT2D eigenvalue weighted by Crippen LogP contribution is -2.39. The number of benzene rings is 1. The highest BCUT2D eigenvalue weighted by Crippen LogP contribution is 2.30. The Kier molecular flexibility index (Phi) is 4.21. The van der Waals surface area contributed by atoms with Crippen molar-refractivity contribution in [2.24, 2.45) is 0 Å². The Morgan fingerprint density at radius 1 is 1.35 bits per heavy atom. The maximum Gasteiger partial charge on any atom is 0.247 e. The predicted molar refractivity (Wildman–Crippen MR) is 95.6 cm³/mol. The van der Waals surface area contributed by atoms with E-state index >= 15 is 0 Å². The fourth-order valence-electron chi connectivity index (χ4n) is 3.08. The quantitative estimate of drug-likeness (QED) is 0.680. The molecule has 0 saturated carbocycles. The van der Waals surface area contributed by atoms with Crippen LogP contribution in [0.4, 0.5) is 5.82 Å². The van der Waals surface area contributed by atoms with E-state index in [-0.39, 0.29) is 30.7 Å². The SMILES string of the molecule is O=C1CCC(c2nn(CC(=O)Nc3cscn3)c3ccccc23)C(=O)N1. The van der Waals surface area contributed by atoms with Crippen LogP contribution in [0.2, 0.25) is 0 Å². The Balaban J connectivity index is 1.64. The third kappa shape index (κ3) is 3.08. The van der Waals surface area contributed by atoms with Gasteiger partial charge in [0.1, 0.15) is 12.4 Å². The zero-order valence-electron chi connectivity index (χ0n) is 13.6. The first kappa shape index (κ1) is 16.4. The Morgan fingerprint density at radius 2 is 2.19 bits per heavy atom. The summed E-state index contributed by atoms with van der Waals surface area (Å²) in [5, 5.41) is 12.1. The van der Waals surface area contributed by atoms with Gasteiger partial charge in [-0.15, -0.1) is 11.3 Å². The number of imide groups is 1. The summed E-state index contributed by atoms with van der Waals surface area (Å²) in [5.41, 5.74) is 2.99. The van der Waals surface area contributed by atoms with Crippen molar-refractivity contribution < 1.29 is 14.4 Å². The van der Waals surface area contributed by atoms with Crippen molar-refractivity contribution in [1.82, 2.24) is 20.1 Å². The van der Waals surface area contributed by atoms with Crippen molar-refractivity contribution in [3.63, 3.8) is 0 Å².